The summed E-state index contributed by atoms with van der Waals surface area (Å²) >= 11 is 1.87. The highest BCUT2D eigenvalue weighted by Crippen LogP contribution is 2.40. The van der Waals surface area contributed by atoms with Gasteiger partial charge in [0.25, 0.3) is 0 Å². The fourth-order valence-electron chi connectivity index (χ4n) is 3.47. The normalized spacial score (nSPS) is 11.9. The van der Waals surface area contributed by atoms with Crippen LogP contribution in [0.4, 0.5) is 0 Å². The van der Waals surface area contributed by atoms with Crippen LogP contribution in [-0.2, 0) is 6.42 Å². The monoisotopic (exact) mass is 313 g/mol. The second-order valence-corrected chi connectivity index (χ2v) is 6.98. The van der Waals surface area contributed by atoms with Crippen molar-refractivity contribution < 1.29 is 0 Å². The van der Waals surface area contributed by atoms with Gasteiger partial charge in [0.15, 0.2) is 0 Å². The average molecular weight is 313 g/mol. The van der Waals surface area contributed by atoms with Crippen molar-refractivity contribution in [2.45, 2.75) is 13.3 Å². The molecule has 0 radical (unpaired) electrons. The maximum absolute atomic E-state index is 4.98. The van der Waals surface area contributed by atoms with Crippen molar-refractivity contribution in [3.05, 3.63) is 66.4 Å². The van der Waals surface area contributed by atoms with Gasteiger partial charge in [-0.3, -0.25) is 4.98 Å². The molecule has 0 aliphatic carbocycles. The molecular weight excluding hydrogens is 298 g/mol. The van der Waals surface area contributed by atoms with E-state index in [1.165, 1.54) is 42.0 Å². The van der Waals surface area contributed by atoms with E-state index < -0.39 is 0 Å². The van der Waals surface area contributed by atoms with E-state index in [4.69, 9.17) is 4.98 Å². The Kier molecular flexibility index (Phi) is 2.70. The predicted octanol–water partition coefficient (Wildman–Crippen LogP) is 6.32. The van der Waals surface area contributed by atoms with E-state index in [0.29, 0.717) is 0 Å². The molecule has 0 unspecified atom stereocenters. The number of thiophene rings is 1. The molecule has 0 amide bonds. The molecule has 2 aromatic heterocycles. The summed E-state index contributed by atoms with van der Waals surface area (Å²) in [7, 11) is 0. The Morgan fingerprint density at radius 3 is 2.43 bits per heavy atom. The summed E-state index contributed by atoms with van der Waals surface area (Å²) in [6.07, 6.45) is 0.964. The van der Waals surface area contributed by atoms with Crippen LogP contribution in [-0.4, -0.2) is 4.98 Å². The standard InChI is InChI=1S/C21H15NS/c1-2-17-21-20(15-9-5-6-10-19(15)23-21)16-11-13-7-3-4-8-14(13)12-18(16)22-17/h3-12H,2H2,1H3. The van der Waals surface area contributed by atoms with E-state index >= 15 is 0 Å². The first-order valence-electron chi connectivity index (χ1n) is 7.98. The van der Waals surface area contributed by atoms with Crippen molar-refractivity contribution in [2.75, 3.05) is 0 Å². The Balaban J connectivity index is 2.09. The second kappa shape index (κ2) is 4.77. The van der Waals surface area contributed by atoms with Gasteiger partial charge in [-0.1, -0.05) is 49.4 Å². The van der Waals surface area contributed by atoms with Crippen LogP contribution in [0.15, 0.2) is 60.7 Å². The van der Waals surface area contributed by atoms with Gasteiger partial charge >= 0.3 is 0 Å². The largest absolute Gasteiger partial charge is 0.251 e. The maximum atomic E-state index is 4.98. The van der Waals surface area contributed by atoms with Crippen molar-refractivity contribution in [3.63, 3.8) is 0 Å². The Labute approximate surface area is 138 Å². The lowest BCUT2D eigenvalue weighted by Gasteiger charge is -2.07. The summed E-state index contributed by atoms with van der Waals surface area (Å²) in [5.41, 5.74) is 2.32. The van der Waals surface area contributed by atoms with Crippen molar-refractivity contribution in [2.24, 2.45) is 0 Å². The van der Waals surface area contributed by atoms with E-state index in [9.17, 15) is 0 Å². The van der Waals surface area contributed by atoms with E-state index in [1.54, 1.807) is 0 Å². The SMILES string of the molecule is CCc1nc2cc3ccccc3cc2c2c1sc1ccccc12. The molecule has 0 saturated heterocycles. The molecule has 1 nitrogen and oxygen atoms in total. The smallest absolute Gasteiger partial charge is 0.0719 e. The highest BCUT2D eigenvalue weighted by Gasteiger charge is 2.14. The second-order valence-electron chi connectivity index (χ2n) is 5.93. The number of aryl methyl sites for hydroxylation is 1. The van der Waals surface area contributed by atoms with Crippen LogP contribution < -0.4 is 0 Å². The summed E-state index contributed by atoms with van der Waals surface area (Å²) in [5.74, 6) is 0. The molecule has 0 spiro atoms. The first kappa shape index (κ1) is 13.0. The number of hydrogen-bond acceptors (Lipinski definition) is 2. The maximum Gasteiger partial charge on any atom is 0.0719 e. The molecule has 2 heteroatoms. The van der Waals surface area contributed by atoms with Crippen LogP contribution in [0, 0.1) is 0 Å². The van der Waals surface area contributed by atoms with Crippen LogP contribution in [0.3, 0.4) is 0 Å². The van der Waals surface area contributed by atoms with Crippen molar-refractivity contribution in [1.82, 2.24) is 4.98 Å². The molecule has 0 bridgehead atoms. The van der Waals surface area contributed by atoms with Crippen molar-refractivity contribution in [1.29, 1.82) is 0 Å². The van der Waals surface area contributed by atoms with Gasteiger partial charge in [0.05, 0.1) is 15.9 Å². The van der Waals surface area contributed by atoms with Crippen LogP contribution in [0.5, 0.6) is 0 Å². The van der Waals surface area contributed by atoms with E-state index in [-0.39, 0.29) is 0 Å². The summed E-state index contributed by atoms with van der Waals surface area (Å²) in [5, 5.41) is 6.53. The zero-order chi connectivity index (χ0) is 15.4. The molecule has 0 aliphatic rings. The molecule has 5 rings (SSSR count). The zero-order valence-electron chi connectivity index (χ0n) is 12.8. The van der Waals surface area contributed by atoms with Gasteiger partial charge in [0.2, 0.25) is 0 Å². The number of pyridine rings is 1. The number of fused-ring (bicyclic) bond motifs is 6. The van der Waals surface area contributed by atoms with E-state index in [0.717, 1.165) is 11.9 Å². The topological polar surface area (TPSA) is 12.9 Å². The van der Waals surface area contributed by atoms with E-state index in [2.05, 4.69) is 67.6 Å². The van der Waals surface area contributed by atoms with Crippen LogP contribution >= 0.6 is 11.3 Å². The fourth-order valence-corrected chi connectivity index (χ4v) is 4.75. The lowest BCUT2D eigenvalue weighted by molar-refractivity contribution is 1.08. The predicted molar refractivity (Wildman–Crippen MR) is 102 cm³/mol. The number of rotatable bonds is 1. The summed E-state index contributed by atoms with van der Waals surface area (Å²) < 4.78 is 2.69. The Hall–Kier alpha value is -2.45. The number of aromatic nitrogens is 1. The van der Waals surface area contributed by atoms with Crippen LogP contribution in [0.25, 0.3) is 41.8 Å². The number of hydrogen-bond donors (Lipinski definition) is 0. The molecule has 2 heterocycles. The van der Waals surface area contributed by atoms with Gasteiger partial charge in [-0.15, -0.1) is 11.3 Å². The number of benzene rings is 3. The van der Waals surface area contributed by atoms with Gasteiger partial charge in [0.1, 0.15) is 0 Å². The summed E-state index contributed by atoms with van der Waals surface area (Å²) in [4.78, 5) is 4.98. The highest BCUT2D eigenvalue weighted by molar-refractivity contribution is 7.26. The molecule has 110 valence electrons. The minimum absolute atomic E-state index is 0.964. The van der Waals surface area contributed by atoms with Gasteiger partial charge < -0.3 is 0 Å². The molecule has 0 atom stereocenters. The first-order valence-corrected chi connectivity index (χ1v) is 8.79. The lowest BCUT2D eigenvalue weighted by Crippen LogP contribution is -1.90. The van der Waals surface area contributed by atoms with Gasteiger partial charge in [0, 0.05) is 20.9 Å². The minimum atomic E-state index is 0.964. The van der Waals surface area contributed by atoms with Gasteiger partial charge in [-0.05, 0) is 35.4 Å². The molecule has 0 saturated carbocycles. The molecule has 5 aromatic rings. The number of nitrogens with zero attached hydrogens (tertiary/aromatic N) is 1. The molecule has 23 heavy (non-hydrogen) atoms. The molecule has 3 aromatic carbocycles. The Bertz CT molecular complexity index is 1200. The van der Waals surface area contributed by atoms with Crippen LogP contribution in [0.2, 0.25) is 0 Å². The summed E-state index contributed by atoms with van der Waals surface area (Å²) in [6, 6.07) is 21.8. The Morgan fingerprint density at radius 2 is 1.61 bits per heavy atom. The minimum Gasteiger partial charge on any atom is -0.251 e. The summed E-state index contributed by atoms with van der Waals surface area (Å²) in [6.45, 7) is 2.19. The van der Waals surface area contributed by atoms with Crippen LogP contribution in [0.1, 0.15) is 12.6 Å². The van der Waals surface area contributed by atoms with Gasteiger partial charge in [-0.25, -0.2) is 0 Å². The Morgan fingerprint density at radius 1 is 0.870 bits per heavy atom. The zero-order valence-corrected chi connectivity index (χ0v) is 13.7. The van der Waals surface area contributed by atoms with Gasteiger partial charge in [-0.2, -0.15) is 0 Å². The third-order valence-electron chi connectivity index (χ3n) is 4.58. The molecule has 0 fully saturated rings. The quantitative estimate of drug-likeness (QED) is 0.330. The fraction of sp³-hybridized carbons (Fsp3) is 0.0952. The van der Waals surface area contributed by atoms with Crippen molar-refractivity contribution >= 4 is 53.2 Å². The third-order valence-corrected chi connectivity index (χ3v) is 5.80. The third kappa shape index (κ3) is 1.82. The molecule has 0 aliphatic heterocycles. The lowest BCUT2D eigenvalue weighted by atomic mass is 10.0. The molecular formula is C21H15NS. The first-order chi connectivity index (χ1) is 11.3. The van der Waals surface area contributed by atoms with Crippen molar-refractivity contribution in [3.8, 4) is 0 Å². The average Bonchev–Trinajstić information content (AvgIpc) is 2.99. The molecule has 0 N–H and O–H groups in total. The highest BCUT2D eigenvalue weighted by atomic mass is 32.1. The van der Waals surface area contributed by atoms with E-state index in [1.807, 2.05) is 11.3 Å².